The molecule has 0 radical (unpaired) electrons. The van der Waals surface area contributed by atoms with Gasteiger partial charge in [0.1, 0.15) is 0 Å². The third kappa shape index (κ3) is 2.29. The van der Waals surface area contributed by atoms with Gasteiger partial charge in [-0.2, -0.15) is 4.98 Å². The molecule has 0 aliphatic rings. The Balaban J connectivity index is 1.80. The first-order chi connectivity index (χ1) is 8.70. The molecule has 0 fully saturated rings. The minimum Gasteiger partial charge on any atom is -0.347 e. The monoisotopic (exact) mass is 325 g/mol. The van der Waals surface area contributed by atoms with E-state index in [1.807, 2.05) is 18.3 Å². The first kappa shape index (κ1) is 11.4. The molecule has 2 N–H and O–H groups in total. The molecule has 0 amide bonds. The highest BCUT2D eigenvalue weighted by atomic mass is 79.9. The zero-order valence-corrected chi connectivity index (χ0v) is 11.5. The number of anilines is 1. The second-order valence-corrected chi connectivity index (χ2v) is 5.37. The smallest absolute Gasteiger partial charge is 0.304 e. The number of thiazole rings is 1. The highest BCUT2D eigenvalue weighted by molar-refractivity contribution is 9.10. The Morgan fingerprint density at radius 1 is 1.50 bits per heavy atom. The van der Waals surface area contributed by atoms with Crippen molar-refractivity contribution in [2.75, 3.05) is 5.32 Å². The van der Waals surface area contributed by atoms with Gasteiger partial charge in [-0.25, -0.2) is 4.52 Å². The topological polar surface area (TPSA) is 75.1 Å². The lowest BCUT2D eigenvalue weighted by Gasteiger charge is -1.96. The van der Waals surface area contributed by atoms with Gasteiger partial charge in [-0.05, 0) is 28.1 Å². The van der Waals surface area contributed by atoms with Gasteiger partial charge in [-0.1, -0.05) is 11.3 Å². The highest BCUT2D eigenvalue weighted by Crippen LogP contribution is 2.12. The highest BCUT2D eigenvalue weighted by Gasteiger charge is 2.04. The molecule has 3 aromatic heterocycles. The van der Waals surface area contributed by atoms with E-state index in [0.717, 1.165) is 27.2 Å². The number of aromatic nitrogens is 4. The van der Waals surface area contributed by atoms with Crippen molar-refractivity contribution in [2.45, 2.75) is 6.54 Å². The average Bonchev–Trinajstić information content (AvgIpc) is 2.92. The van der Waals surface area contributed by atoms with Gasteiger partial charge in [-0.3, -0.25) is 4.79 Å². The maximum atomic E-state index is 11.0. The van der Waals surface area contributed by atoms with E-state index >= 15 is 0 Å². The summed E-state index contributed by atoms with van der Waals surface area (Å²) in [6.07, 6.45) is 1.83. The minimum atomic E-state index is -0.0568. The van der Waals surface area contributed by atoms with Gasteiger partial charge < -0.3 is 10.3 Å². The molecule has 3 heterocycles. The summed E-state index contributed by atoms with van der Waals surface area (Å²) >= 11 is 4.52. The number of nitrogens with zero attached hydrogens (tertiary/aromatic N) is 3. The SMILES string of the molecule is O=c1[nH]c(CNc2nc3ccc(Br)cn3n2)cs1. The second kappa shape index (κ2) is 4.54. The summed E-state index contributed by atoms with van der Waals surface area (Å²) in [6.45, 7) is 0.497. The fraction of sp³-hybridized carbons (Fsp3) is 0.100. The van der Waals surface area contributed by atoms with E-state index in [2.05, 4.69) is 36.3 Å². The van der Waals surface area contributed by atoms with Crippen LogP contribution in [0, 0.1) is 0 Å². The Kier molecular flexibility index (Phi) is 2.88. The van der Waals surface area contributed by atoms with Gasteiger partial charge in [-0.15, -0.1) is 5.10 Å². The molecule has 0 saturated carbocycles. The van der Waals surface area contributed by atoms with Crippen LogP contribution in [-0.4, -0.2) is 19.6 Å². The van der Waals surface area contributed by atoms with Gasteiger partial charge in [0.2, 0.25) is 5.95 Å². The number of hydrogen-bond donors (Lipinski definition) is 2. The van der Waals surface area contributed by atoms with E-state index in [1.54, 1.807) is 9.90 Å². The standard InChI is InChI=1S/C10H8BrN5OS/c11-6-1-2-8-14-9(15-16(8)4-6)12-3-7-5-18-10(17)13-7/h1-2,4-5H,3H2,(H,12,15)(H,13,17). The van der Waals surface area contributed by atoms with Gasteiger partial charge >= 0.3 is 4.87 Å². The zero-order chi connectivity index (χ0) is 12.5. The molecule has 0 atom stereocenters. The summed E-state index contributed by atoms with van der Waals surface area (Å²) in [7, 11) is 0. The van der Waals surface area contributed by atoms with Crippen molar-refractivity contribution in [3.63, 3.8) is 0 Å². The molecule has 18 heavy (non-hydrogen) atoms. The average molecular weight is 326 g/mol. The molecule has 0 spiro atoms. The summed E-state index contributed by atoms with van der Waals surface area (Å²) < 4.78 is 2.62. The largest absolute Gasteiger partial charge is 0.347 e. The minimum absolute atomic E-state index is 0.0568. The maximum absolute atomic E-state index is 11.0. The summed E-state index contributed by atoms with van der Waals surface area (Å²) in [5.74, 6) is 0.528. The van der Waals surface area contributed by atoms with Gasteiger partial charge in [0, 0.05) is 21.7 Å². The second-order valence-electron chi connectivity index (χ2n) is 3.61. The molecule has 0 unspecified atom stereocenters. The third-order valence-corrected chi connectivity index (χ3v) is 3.49. The molecule has 3 aromatic rings. The van der Waals surface area contributed by atoms with Crippen LogP contribution in [0.4, 0.5) is 5.95 Å². The van der Waals surface area contributed by atoms with E-state index in [4.69, 9.17) is 0 Å². The van der Waals surface area contributed by atoms with E-state index in [1.165, 1.54) is 0 Å². The number of H-pyrrole nitrogens is 1. The molecular weight excluding hydrogens is 318 g/mol. The summed E-state index contributed by atoms with van der Waals surface area (Å²) in [5, 5.41) is 9.11. The van der Waals surface area contributed by atoms with Gasteiger partial charge in [0.05, 0.1) is 6.54 Å². The molecule has 3 rings (SSSR count). The fourth-order valence-corrected chi connectivity index (χ4v) is 2.42. The Morgan fingerprint density at radius 2 is 2.39 bits per heavy atom. The summed E-state index contributed by atoms with van der Waals surface area (Å²) in [5.41, 5.74) is 1.59. The number of hydrogen-bond acceptors (Lipinski definition) is 5. The maximum Gasteiger partial charge on any atom is 0.304 e. The molecule has 6 nitrogen and oxygen atoms in total. The fourth-order valence-electron chi connectivity index (χ4n) is 1.51. The zero-order valence-electron chi connectivity index (χ0n) is 9.05. The normalized spacial score (nSPS) is 10.9. The summed E-state index contributed by atoms with van der Waals surface area (Å²) in [6, 6.07) is 3.78. The summed E-state index contributed by atoms with van der Waals surface area (Å²) in [4.78, 5) is 17.9. The Hall–Kier alpha value is -1.67. The Bertz CT molecular complexity index is 746. The van der Waals surface area contributed by atoms with Crippen LogP contribution in [0.2, 0.25) is 0 Å². The van der Waals surface area contributed by atoms with Crippen LogP contribution in [-0.2, 0) is 6.54 Å². The molecule has 0 aliphatic carbocycles. The first-order valence-electron chi connectivity index (χ1n) is 5.13. The van der Waals surface area contributed by atoms with Crippen molar-refractivity contribution in [1.82, 2.24) is 19.6 Å². The molecular formula is C10H8BrN5OS. The lowest BCUT2D eigenvalue weighted by Crippen LogP contribution is -2.04. The van der Waals surface area contributed by atoms with Crippen molar-refractivity contribution < 1.29 is 0 Å². The lowest BCUT2D eigenvalue weighted by atomic mass is 10.5. The molecule has 0 aliphatic heterocycles. The molecule has 0 saturated heterocycles. The molecule has 92 valence electrons. The molecule has 0 bridgehead atoms. The quantitative estimate of drug-likeness (QED) is 0.770. The molecule has 0 aromatic carbocycles. The van der Waals surface area contributed by atoms with Crippen molar-refractivity contribution in [2.24, 2.45) is 0 Å². The lowest BCUT2D eigenvalue weighted by molar-refractivity contribution is 0.940. The van der Waals surface area contributed by atoms with Crippen molar-refractivity contribution >= 4 is 38.9 Å². The number of nitrogens with one attached hydrogen (secondary N) is 2. The predicted molar refractivity (Wildman–Crippen MR) is 73.0 cm³/mol. The Morgan fingerprint density at radius 3 is 3.17 bits per heavy atom. The van der Waals surface area contributed by atoms with E-state index in [9.17, 15) is 4.79 Å². The van der Waals surface area contributed by atoms with Crippen LogP contribution in [0.5, 0.6) is 0 Å². The van der Waals surface area contributed by atoms with Crippen LogP contribution in [0.15, 0.2) is 33.0 Å². The van der Waals surface area contributed by atoms with E-state index in [-0.39, 0.29) is 4.87 Å². The van der Waals surface area contributed by atoms with Crippen LogP contribution in [0.3, 0.4) is 0 Å². The predicted octanol–water partition coefficient (Wildman–Crippen LogP) is 1.85. The van der Waals surface area contributed by atoms with Crippen LogP contribution < -0.4 is 10.2 Å². The van der Waals surface area contributed by atoms with Crippen LogP contribution >= 0.6 is 27.3 Å². The number of fused-ring (bicyclic) bond motifs is 1. The van der Waals surface area contributed by atoms with Crippen molar-refractivity contribution in [3.05, 3.63) is 43.5 Å². The number of pyridine rings is 1. The number of aromatic amines is 1. The Labute approximate surface area is 114 Å². The van der Waals surface area contributed by atoms with Crippen LogP contribution in [0.25, 0.3) is 5.65 Å². The van der Waals surface area contributed by atoms with Crippen molar-refractivity contribution in [3.8, 4) is 0 Å². The number of halogens is 1. The van der Waals surface area contributed by atoms with E-state index < -0.39 is 0 Å². The molecule has 8 heteroatoms. The first-order valence-corrected chi connectivity index (χ1v) is 6.80. The van der Waals surface area contributed by atoms with Gasteiger partial charge in [0.25, 0.3) is 0 Å². The van der Waals surface area contributed by atoms with Crippen molar-refractivity contribution in [1.29, 1.82) is 0 Å². The number of rotatable bonds is 3. The van der Waals surface area contributed by atoms with Gasteiger partial charge in [0.15, 0.2) is 5.65 Å². The van der Waals surface area contributed by atoms with E-state index in [0.29, 0.717) is 12.5 Å². The third-order valence-electron chi connectivity index (χ3n) is 2.30. The van der Waals surface area contributed by atoms with Crippen LogP contribution in [0.1, 0.15) is 5.69 Å².